The quantitative estimate of drug-likeness (QED) is 0.0649. The maximum absolute atomic E-state index is 12.7. The van der Waals surface area contributed by atoms with E-state index in [1.54, 1.807) is 30.3 Å². The van der Waals surface area contributed by atoms with Gasteiger partial charge in [0.1, 0.15) is 11.5 Å². The number of benzene rings is 4. The molecule has 0 amide bonds. The van der Waals surface area contributed by atoms with Crippen LogP contribution >= 0.6 is 0 Å². The number of para-hydroxylation sites is 1. The molecular weight excluding hydrogens is 528 g/mol. The fourth-order valence-electron chi connectivity index (χ4n) is 4.15. The first-order valence-electron chi connectivity index (χ1n) is 14.0. The summed E-state index contributed by atoms with van der Waals surface area (Å²) >= 11 is 0. The average Bonchev–Trinajstić information content (AvgIpc) is 3.01. The van der Waals surface area contributed by atoms with Gasteiger partial charge in [0.2, 0.25) is 0 Å². The zero-order valence-electron chi connectivity index (χ0n) is 23.8. The third-order valence-electron chi connectivity index (χ3n) is 6.44. The lowest BCUT2D eigenvalue weighted by Gasteiger charge is -2.13. The Morgan fingerprint density at radius 1 is 0.714 bits per heavy atom. The van der Waals surface area contributed by atoms with Gasteiger partial charge in [0.15, 0.2) is 0 Å². The number of rotatable bonds is 15. The molecule has 7 nitrogen and oxygen atoms in total. The number of anilines is 4. The summed E-state index contributed by atoms with van der Waals surface area (Å²) in [6.07, 6.45) is 4.80. The number of carbonyl (C=O) groups is 2. The van der Waals surface area contributed by atoms with E-state index < -0.39 is 5.97 Å². The van der Waals surface area contributed by atoms with Crippen LogP contribution in [0.1, 0.15) is 41.6 Å². The molecular formula is C35H36N2O5. The van der Waals surface area contributed by atoms with Crippen LogP contribution in [0, 0.1) is 6.92 Å². The molecule has 4 aromatic carbocycles. The number of unbranched alkanes of at least 4 members (excludes halogenated alkanes) is 3. The molecule has 42 heavy (non-hydrogen) atoms. The molecule has 0 aliphatic heterocycles. The number of carbonyl (C=O) groups excluding carboxylic acids is 2. The molecule has 216 valence electrons. The predicted molar refractivity (Wildman–Crippen MR) is 167 cm³/mol. The van der Waals surface area contributed by atoms with Crippen LogP contribution in [-0.2, 0) is 9.53 Å². The van der Waals surface area contributed by atoms with E-state index >= 15 is 0 Å². The molecule has 0 aromatic heterocycles. The van der Waals surface area contributed by atoms with E-state index in [1.165, 1.54) is 6.08 Å². The highest BCUT2D eigenvalue weighted by atomic mass is 16.5. The third-order valence-corrected chi connectivity index (χ3v) is 6.44. The van der Waals surface area contributed by atoms with Crippen molar-refractivity contribution in [2.75, 3.05) is 23.8 Å². The van der Waals surface area contributed by atoms with E-state index in [9.17, 15) is 9.59 Å². The molecule has 0 unspecified atom stereocenters. The minimum Gasteiger partial charge on any atom is -0.494 e. The normalized spacial score (nSPS) is 10.4. The highest BCUT2D eigenvalue weighted by molar-refractivity contribution is 5.91. The van der Waals surface area contributed by atoms with Crippen molar-refractivity contribution in [2.24, 2.45) is 0 Å². The van der Waals surface area contributed by atoms with Crippen molar-refractivity contribution in [3.05, 3.63) is 121 Å². The molecule has 0 spiro atoms. The lowest BCUT2D eigenvalue weighted by molar-refractivity contribution is -0.137. The Balaban J connectivity index is 1.20. The van der Waals surface area contributed by atoms with Crippen molar-refractivity contribution in [3.8, 4) is 11.5 Å². The van der Waals surface area contributed by atoms with E-state index in [2.05, 4.69) is 17.2 Å². The molecule has 0 heterocycles. The molecule has 0 aliphatic carbocycles. The fraction of sp³-hybridized carbons (Fsp3) is 0.200. The lowest BCUT2D eigenvalue weighted by Crippen LogP contribution is -2.09. The lowest BCUT2D eigenvalue weighted by atomic mass is 10.1. The van der Waals surface area contributed by atoms with E-state index in [1.807, 2.05) is 73.7 Å². The van der Waals surface area contributed by atoms with Gasteiger partial charge in [-0.15, -0.1) is 0 Å². The molecule has 4 rings (SSSR count). The number of hydrogen-bond acceptors (Lipinski definition) is 7. The Morgan fingerprint density at radius 3 is 2.00 bits per heavy atom. The Kier molecular flexibility index (Phi) is 11.2. The fourth-order valence-corrected chi connectivity index (χ4v) is 4.15. The van der Waals surface area contributed by atoms with Crippen molar-refractivity contribution in [1.82, 2.24) is 0 Å². The van der Waals surface area contributed by atoms with Crippen LogP contribution in [0.4, 0.5) is 22.7 Å². The highest BCUT2D eigenvalue weighted by Crippen LogP contribution is 2.27. The predicted octanol–water partition coefficient (Wildman–Crippen LogP) is 8.37. The monoisotopic (exact) mass is 564 g/mol. The van der Waals surface area contributed by atoms with Crippen LogP contribution in [0.2, 0.25) is 0 Å². The van der Waals surface area contributed by atoms with Crippen molar-refractivity contribution < 1.29 is 23.8 Å². The Morgan fingerprint density at radius 2 is 1.33 bits per heavy atom. The van der Waals surface area contributed by atoms with Gasteiger partial charge in [-0.1, -0.05) is 24.8 Å². The summed E-state index contributed by atoms with van der Waals surface area (Å²) in [5.74, 6) is 0.355. The SMILES string of the molecule is C=CC(=O)OCCCCCCOc1ccc(C(=O)Oc2ccc(Nc3ccc(Nc4ccccc4)cc3)c(C)c2)cc1. The summed E-state index contributed by atoms with van der Waals surface area (Å²) in [6, 6.07) is 30.5. The van der Waals surface area contributed by atoms with Crippen LogP contribution in [-0.4, -0.2) is 25.2 Å². The van der Waals surface area contributed by atoms with E-state index in [4.69, 9.17) is 14.2 Å². The summed E-state index contributed by atoms with van der Waals surface area (Å²) in [7, 11) is 0. The standard InChI is InChI=1S/C35H36N2O5/c1-3-34(38)41-24-10-5-4-9-23-40-31-19-13-27(14-20-31)35(39)42-32-21-22-33(26(2)25-32)37-30-17-15-29(16-18-30)36-28-11-7-6-8-12-28/h3,6-8,11-22,25,36-37H,1,4-5,9-10,23-24H2,2H3. The maximum atomic E-state index is 12.7. The summed E-state index contributed by atoms with van der Waals surface area (Å²) in [4.78, 5) is 23.7. The first kappa shape index (κ1) is 29.9. The van der Waals surface area contributed by atoms with Gasteiger partial charge in [0, 0.05) is 28.8 Å². The van der Waals surface area contributed by atoms with Crippen molar-refractivity contribution >= 4 is 34.7 Å². The van der Waals surface area contributed by atoms with E-state index in [0.717, 1.165) is 54.0 Å². The molecule has 4 aromatic rings. The van der Waals surface area contributed by atoms with Gasteiger partial charge in [0.05, 0.1) is 18.8 Å². The maximum Gasteiger partial charge on any atom is 0.343 e. The summed E-state index contributed by atoms with van der Waals surface area (Å²) in [5.41, 5.74) is 5.32. The van der Waals surface area contributed by atoms with Gasteiger partial charge < -0.3 is 24.8 Å². The van der Waals surface area contributed by atoms with Crippen molar-refractivity contribution in [3.63, 3.8) is 0 Å². The zero-order valence-corrected chi connectivity index (χ0v) is 23.8. The number of aryl methyl sites for hydroxylation is 1. The second kappa shape index (κ2) is 15.7. The highest BCUT2D eigenvalue weighted by Gasteiger charge is 2.10. The van der Waals surface area contributed by atoms with E-state index in [0.29, 0.717) is 30.3 Å². The second-order valence-electron chi connectivity index (χ2n) is 9.72. The summed E-state index contributed by atoms with van der Waals surface area (Å²) in [6.45, 7) is 6.32. The molecule has 0 saturated heterocycles. The number of hydrogen-bond donors (Lipinski definition) is 2. The molecule has 2 N–H and O–H groups in total. The van der Waals surface area contributed by atoms with Crippen molar-refractivity contribution in [1.29, 1.82) is 0 Å². The van der Waals surface area contributed by atoms with Gasteiger partial charge in [-0.05, 0) is 117 Å². The average molecular weight is 565 g/mol. The first-order valence-corrected chi connectivity index (χ1v) is 14.0. The first-order chi connectivity index (χ1) is 20.5. The van der Waals surface area contributed by atoms with Gasteiger partial charge in [-0.2, -0.15) is 0 Å². The zero-order chi connectivity index (χ0) is 29.6. The summed E-state index contributed by atoms with van der Waals surface area (Å²) < 4.78 is 16.3. The Bertz CT molecular complexity index is 1450. The van der Waals surface area contributed by atoms with Gasteiger partial charge >= 0.3 is 11.9 Å². The number of ether oxygens (including phenoxy) is 3. The topological polar surface area (TPSA) is 85.9 Å². The van der Waals surface area contributed by atoms with Crippen LogP contribution in [0.15, 0.2) is 110 Å². The van der Waals surface area contributed by atoms with Gasteiger partial charge in [-0.25, -0.2) is 9.59 Å². The third kappa shape index (κ3) is 9.55. The molecule has 0 aliphatic rings. The van der Waals surface area contributed by atoms with Crippen LogP contribution in [0.5, 0.6) is 11.5 Å². The van der Waals surface area contributed by atoms with E-state index in [-0.39, 0.29) is 5.97 Å². The van der Waals surface area contributed by atoms with Gasteiger partial charge in [-0.3, -0.25) is 0 Å². The molecule has 7 heteroatoms. The van der Waals surface area contributed by atoms with Gasteiger partial charge in [0.25, 0.3) is 0 Å². The largest absolute Gasteiger partial charge is 0.494 e. The van der Waals surface area contributed by atoms with Crippen LogP contribution in [0.25, 0.3) is 0 Å². The smallest absolute Gasteiger partial charge is 0.343 e. The minimum absolute atomic E-state index is 0.387. The van der Waals surface area contributed by atoms with Crippen LogP contribution in [0.3, 0.4) is 0 Å². The molecule has 0 saturated carbocycles. The Hall–Kier alpha value is -5.04. The molecule has 0 atom stereocenters. The molecule has 0 fully saturated rings. The number of nitrogens with one attached hydrogen (secondary N) is 2. The summed E-state index contributed by atoms with van der Waals surface area (Å²) in [5, 5.41) is 6.79. The number of esters is 2. The van der Waals surface area contributed by atoms with Crippen molar-refractivity contribution in [2.45, 2.75) is 32.6 Å². The Labute approximate surface area is 247 Å². The second-order valence-corrected chi connectivity index (χ2v) is 9.72. The minimum atomic E-state index is -0.430. The molecule has 0 bridgehead atoms. The van der Waals surface area contributed by atoms with Crippen LogP contribution < -0.4 is 20.1 Å². The molecule has 0 radical (unpaired) electrons.